The molecule has 35 heavy (non-hydrogen) atoms. The molecule has 0 spiro atoms. The number of hydrogen-bond acceptors (Lipinski definition) is 6. The number of likely N-dealkylation sites (tertiary alicyclic amines) is 1. The van der Waals surface area contributed by atoms with Crippen LogP contribution < -0.4 is 15.4 Å². The summed E-state index contributed by atoms with van der Waals surface area (Å²) in [6.07, 6.45) is 4.59. The number of ether oxygens (including phenoxy) is 1. The van der Waals surface area contributed by atoms with Gasteiger partial charge in [-0.25, -0.2) is 0 Å². The largest absolute Gasteiger partial charge is 0.489 e. The number of carbonyl (C=O) groups is 2. The number of fused-ring (bicyclic) bond motifs is 1. The van der Waals surface area contributed by atoms with Crippen LogP contribution in [-0.4, -0.2) is 53.4 Å². The molecule has 8 heteroatoms. The van der Waals surface area contributed by atoms with Gasteiger partial charge in [0.15, 0.2) is 0 Å². The zero-order valence-corrected chi connectivity index (χ0v) is 21.3. The molecule has 0 bridgehead atoms. The van der Waals surface area contributed by atoms with Crippen LogP contribution >= 0.6 is 11.8 Å². The van der Waals surface area contributed by atoms with Crippen molar-refractivity contribution in [2.24, 2.45) is 0 Å². The van der Waals surface area contributed by atoms with Crippen LogP contribution in [0.4, 0.5) is 5.69 Å². The highest BCUT2D eigenvalue weighted by atomic mass is 32.2. The molecule has 0 aromatic heterocycles. The lowest BCUT2D eigenvalue weighted by molar-refractivity contribution is -0.134. The van der Waals surface area contributed by atoms with E-state index in [0.29, 0.717) is 12.3 Å². The third-order valence-electron chi connectivity index (χ3n) is 6.83. The fraction of sp³-hybridized carbons (Fsp3) is 0.481. The van der Waals surface area contributed by atoms with E-state index in [1.54, 1.807) is 11.8 Å². The number of thioether (sulfide) groups is 1. The van der Waals surface area contributed by atoms with Gasteiger partial charge >= 0.3 is 0 Å². The molecule has 0 unspecified atom stereocenters. The fourth-order valence-electron chi connectivity index (χ4n) is 4.86. The molecule has 2 aromatic rings. The van der Waals surface area contributed by atoms with Crippen LogP contribution in [0, 0.1) is 0 Å². The monoisotopic (exact) mass is 497 g/mol. The molecule has 188 valence electrons. The number of aliphatic hydroxyl groups excluding tert-OH is 1. The van der Waals surface area contributed by atoms with Crippen LogP contribution in [0.2, 0.25) is 0 Å². The maximum Gasteiger partial charge on any atom is 0.223 e. The molecule has 3 N–H and O–H groups in total. The van der Waals surface area contributed by atoms with Crippen LogP contribution in [0.25, 0.3) is 0 Å². The molecule has 1 fully saturated rings. The number of aliphatic hydroxyl groups is 1. The third-order valence-corrected chi connectivity index (χ3v) is 7.64. The standard InChI is InChI=1S/C27H35N3O4S/c1-3-20-23(31)17-34-24-15-18(10-11-21(24)29-20)16-28-26(32)12-13-27(33)30-14-6-8-22(30)19-7-4-5-9-25(19)35-2/h4-5,7,9-11,15,20,22-23,29,31H,3,6,8,12-14,16-17H2,1-2H3,(H,28,32)/t20-,22-,23-/m1/s1. The lowest BCUT2D eigenvalue weighted by atomic mass is 10.0. The van der Waals surface area contributed by atoms with Crippen molar-refractivity contribution in [1.82, 2.24) is 10.2 Å². The number of nitrogens with zero attached hydrogens (tertiary/aromatic N) is 1. The third kappa shape index (κ3) is 6.11. The summed E-state index contributed by atoms with van der Waals surface area (Å²) < 4.78 is 5.76. The van der Waals surface area contributed by atoms with Crippen molar-refractivity contribution in [3.8, 4) is 5.75 Å². The van der Waals surface area contributed by atoms with Crippen LogP contribution in [0.1, 0.15) is 56.2 Å². The Morgan fingerprint density at radius 1 is 1.23 bits per heavy atom. The number of hydrogen-bond donors (Lipinski definition) is 3. The molecule has 0 saturated carbocycles. The average Bonchev–Trinajstić information content (AvgIpc) is 3.32. The molecule has 2 heterocycles. The normalized spacial score (nSPS) is 21.5. The fourth-order valence-corrected chi connectivity index (χ4v) is 5.51. The number of benzene rings is 2. The van der Waals surface area contributed by atoms with Gasteiger partial charge in [-0.05, 0) is 54.8 Å². The molecule has 2 aromatic carbocycles. The van der Waals surface area contributed by atoms with E-state index in [-0.39, 0.29) is 43.3 Å². The quantitative estimate of drug-likeness (QED) is 0.476. The summed E-state index contributed by atoms with van der Waals surface area (Å²) in [6.45, 7) is 3.35. The maximum atomic E-state index is 13.0. The molecular formula is C27H35N3O4S. The first kappa shape index (κ1) is 25.4. The zero-order chi connectivity index (χ0) is 24.8. The van der Waals surface area contributed by atoms with E-state index < -0.39 is 6.10 Å². The maximum absolute atomic E-state index is 13.0. The van der Waals surface area contributed by atoms with Crippen molar-refractivity contribution >= 4 is 29.3 Å². The van der Waals surface area contributed by atoms with E-state index in [0.717, 1.165) is 37.1 Å². The number of rotatable bonds is 8. The summed E-state index contributed by atoms with van der Waals surface area (Å²) in [5, 5.41) is 16.4. The Hall–Kier alpha value is -2.71. The smallest absolute Gasteiger partial charge is 0.223 e. The highest BCUT2D eigenvalue weighted by Crippen LogP contribution is 2.37. The molecule has 3 atom stereocenters. The summed E-state index contributed by atoms with van der Waals surface area (Å²) >= 11 is 1.70. The van der Waals surface area contributed by atoms with E-state index in [4.69, 9.17) is 4.74 Å². The van der Waals surface area contributed by atoms with E-state index in [9.17, 15) is 14.7 Å². The van der Waals surface area contributed by atoms with Gasteiger partial charge in [-0.15, -0.1) is 11.8 Å². The molecule has 2 aliphatic rings. The molecular weight excluding hydrogens is 462 g/mol. The van der Waals surface area contributed by atoms with Crippen molar-refractivity contribution < 1.29 is 19.4 Å². The van der Waals surface area contributed by atoms with Crippen LogP contribution in [0.5, 0.6) is 5.75 Å². The van der Waals surface area contributed by atoms with E-state index in [1.165, 1.54) is 10.5 Å². The zero-order valence-electron chi connectivity index (χ0n) is 20.5. The molecule has 0 radical (unpaired) electrons. The lowest BCUT2D eigenvalue weighted by Gasteiger charge is -2.26. The minimum atomic E-state index is -0.572. The van der Waals surface area contributed by atoms with Crippen LogP contribution in [0.15, 0.2) is 47.4 Å². The van der Waals surface area contributed by atoms with Gasteiger partial charge in [-0.1, -0.05) is 31.2 Å². The lowest BCUT2D eigenvalue weighted by Crippen LogP contribution is -2.35. The van der Waals surface area contributed by atoms with Crippen molar-refractivity contribution in [2.45, 2.75) is 68.7 Å². The van der Waals surface area contributed by atoms with E-state index in [1.807, 2.05) is 42.2 Å². The van der Waals surface area contributed by atoms with Gasteiger partial charge in [0.25, 0.3) is 0 Å². The first-order chi connectivity index (χ1) is 17.0. The Morgan fingerprint density at radius 2 is 2.06 bits per heavy atom. The summed E-state index contributed by atoms with van der Waals surface area (Å²) in [5.74, 6) is 0.564. The SMILES string of the molecule is CC[C@H]1Nc2ccc(CNC(=O)CCC(=O)N3CCC[C@@H]3c3ccccc3SC)cc2OC[C@H]1O. The minimum Gasteiger partial charge on any atom is -0.489 e. The molecule has 7 nitrogen and oxygen atoms in total. The highest BCUT2D eigenvalue weighted by Gasteiger charge is 2.31. The van der Waals surface area contributed by atoms with Crippen LogP contribution in [0.3, 0.4) is 0 Å². The predicted molar refractivity (Wildman–Crippen MR) is 139 cm³/mol. The van der Waals surface area contributed by atoms with Gasteiger partial charge in [0, 0.05) is 30.8 Å². The predicted octanol–water partition coefficient (Wildman–Crippen LogP) is 4.11. The summed E-state index contributed by atoms with van der Waals surface area (Å²) in [4.78, 5) is 28.6. The molecule has 1 saturated heterocycles. The number of amides is 2. The van der Waals surface area contributed by atoms with Gasteiger partial charge in [-0.3, -0.25) is 9.59 Å². The Bertz CT molecular complexity index is 1050. The Labute approximate surface area is 211 Å². The topological polar surface area (TPSA) is 90.9 Å². The van der Waals surface area contributed by atoms with Crippen molar-refractivity contribution in [1.29, 1.82) is 0 Å². The average molecular weight is 498 g/mol. The second-order valence-corrected chi connectivity index (χ2v) is 9.98. The van der Waals surface area contributed by atoms with Gasteiger partial charge < -0.3 is 25.4 Å². The number of anilines is 1. The summed E-state index contributed by atoms with van der Waals surface area (Å²) in [7, 11) is 0. The van der Waals surface area contributed by atoms with Crippen molar-refractivity contribution in [3.05, 3.63) is 53.6 Å². The molecule has 2 amide bonds. The number of nitrogens with one attached hydrogen (secondary N) is 2. The van der Waals surface area contributed by atoms with E-state index in [2.05, 4.69) is 29.0 Å². The van der Waals surface area contributed by atoms with Gasteiger partial charge in [-0.2, -0.15) is 0 Å². The first-order valence-corrected chi connectivity index (χ1v) is 13.6. The Morgan fingerprint density at radius 3 is 2.86 bits per heavy atom. The summed E-state index contributed by atoms with van der Waals surface area (Å²) in [6, 6.07) is 14.0. The second-order valence-electron chi connectivity index (χ2n) is 9.13. The molecule has 0 aliphatic carbocycles. The summed E-state index contributed by atoms with van der Waals surface area (Å²) in [5.41, 5.74) is 2.95. The second kappa shape index (κ2) is 11.8. The van der Waals surface area contributed by atoms with Gasteiger partial charge in [0.05, 0.1) is 17.8 Å². The van der Waals surface area contributed by atoms with Crippen molar-refractivity contribution in [3.63, 3.8) is 0 Å². The Balaban J connectivity index is 1.28. The minimum absolute atomic E-state index is 0.0343. The highest BCUT2D eigenvalue weighted by molar-refractivity contribution is 7.98. The first-order valence-electron chi connectivity index (χ1n) is 12.4. The molecule has 2 aliphatic heterocycles. The van der Waals surface area contributed by atoms with Crippen LogP contribution in [-0.2, 0) is 16.1 Å². The van der Waals surface area contributed by atoms with Gasteiger partial charge in [0.2, 0.25) is 11.8 Å². The number of carbonyl (C=O) groups excluding carboxylic acids is 2. The van der Waals surface area contributed by atoms with E-state index >= 15 is 0 Å². The Kier molecular flexibility index (Phi) is 8.57. The van der Waals surface area contributed by atoms with Gasteiger partial charge in [0.1, 0.15) is 18.5 Å². The molecule has 4 rings (SSSR count). The van der Waals surface area contributed by atoms with Crippen molar-refractivity contribution in [2.75, 3.05) is 24.7 Å².